The molecule has 0 aliphatic heterocycles. The number of aromatic amines is 1. The second kappa shape index (κ2) is 14.2. The Kier molecular flexibility index (Phi) is 9.68. The average Bonchev–Trinajstić information content (AvgIpc) is 3.46. The van der Waals surface area contributed by atoms with Gasteiger partial charge in [0.1, 0.15) is 0 Å². The van der Waals surface area contributed by atoms with Gasteiger partial charge >= 0.3 is 0 Å². The van der Waals surface area contributed by atoms with Gasteiger partial charge in [0, 0.05) is 87.5 Å². The van der Waals surface area contributed by atoms with Crippen LogP contribution in [0.25, 0.3) is 10.9 Å². The highest BCUT2D eigenvalue weighted by molar-refractivity contribution is 5.82. The van der Waals surface area contributed by atoms with Crippen molar-refractivity contribution in [1.29, 1.82) is 0 Å². The van der Waals surface area contributed by atoms with Crippen LogP contribution in [0.5, 0.6) is 0 Å². The van der Waals surface area contributed by atoms with Gasteiger partial charge in [0.25, 0.3) is 0 Å². The summed E-state index contributed by atoms with van der Waals surface area (Å²) in [6, 6.07) is 29.6. The molecule has 4 N–H and O–H groups in total. The summed E-state index contributed by atoms with van der Waals surface area (Å²) in [7, 11) is 0. The van der Waals surface area contributed by atoms with Gasteiger partial charge in [-0.05, 0) is 59.7 Å². The zero-order valence-corrected chi connectivity index (χ0v) is 22.3. The zero-order valence-electron chi connectivity index (χ0n) is 22.3. The fourth-order valence-corrected chi connectivity index (χ4v) is 4.57. The minimum absolute atomic E-state index is 0.783. The van der Waals surface area contributed by atoms with Crippen molar-refractivity contribution in [3.8, 4) is 0 Å². The number of anilines is 1. The van der Waals surface area contributed by atoms with Crippen molar-refractivity contribution in [1.82, 2.24) is 30.5 Å². The van der Waals surface area contributed by atoms with E-state index in [2.05, 4.69) is 96.5 Å². The predicted octanol–water partition coefficient (Wildman–Crippen LogP) is 4.95. The van der Waals surface area contributed by atoms with Crippen molar-refractivity contribution in [2.45, 2.75) is 26.2 Å². The van der Waals surface area contributed by atoms with Gasteiger partial charge in [-0.2, -0.15) is 0 Å². The monoisotopic (exact) mass is 519 g/mol. The van der Waals surface area contributed by atoms with Crippen LogP contribution in [0, 0.1) is 0 Å². The lowest BCUT2D eigenvalue weighted by atomic mass is 10.1. The fraction of sp³-hybridized carbons (Fsp3) is 0.250. The van der Waals surface area contributed by atoms with E-state index in [9.17, 15) is 0 Å². The summed E-state index contributed by atoms with van der Waals surface area (Å²) in [6.45, 7) is 7.01. The summed E-state index contributed by atoms with van der Waals surface area (Å²) in [6.07, 6.45) is 5.66. The second-order valence-corrected chi connectivity index (χ2v) is 9.72. The van der Waals surface area contributed by atoms with Crippen molar-refractivity contribution < 1.29 is 0 Å². The molecule has 0 spiro atoms. The van der Waals surface area contributed by atoms with Crippen LogP contribution < -0.4 is 16.0 Å². The molecule has 0 unspecified atom stereocenters. The topological polar surface area (TPSA) is 80.9 Å². The maximum absolute atomic E-state index is 4.41. The molecule has 0 radical (unpaired) electrons. The van der Waals surface area contributed by atoms with Crippen molar-refractivity contribution in [2.24, 2.45) is 0 Å². The Morgan fingerprint density at radius 1 is 0.667 bits per heavy atom. The molecule has 0 atom stereocenters. The van der Waals surface area contributed by atoms with Gasteiger partial charge in [-0.1, -0.05) is 36.4 Å². The number of hydrogen-bond acceptors (Lipinski definition) is 6. The first-order valence-electron chi connectivity index (χ1n) is 13.6. The number of pyridine rings is 2. The van der Waals surface area contributed by atoms with Crippen LogP contribution in [0.4, 0.5) is 5.69 Å². The summed E-state index contributed by atoms with van der Waals surface area (Å²) >= 11 is 0. The van der Waals surface area contributed by atoms with Crippen LogP contribution in [0.1, 0.15) is 22.5 Å². The van der Waals surface area contributed by atoms with E-state index in [0.717, 1.165) is 74.9 Å². The van der Waals surface area contributed by atoms with Gasteiger partial charge in [-0.15, -0.1) is 0 Å². The average molecular weight is 520 g/mol. The molecule has 0 fully saturated rings. The van der Waals surface area contributed by atoms with Gasteiger partial charge in [0.05, 0.1) is 11.4 Å². The smallest absolute Gasteiger partial charge is 0.0541 e. The first kappa shape index (κ1) is 26.6. The van der Waals surface area contributed by atoms with E-state index in [-0.39, 0.29) is 0 Å². The number of rotatable bonds is 15. The molecule has 5 aromatic rings. The Morgan fingerprint density at radius 2 is 1.33 bits per heavy atom. The molecule has 0 aliphatic rings. The Hall–Kier alpha value is -4.04. The second-order valence-electron chi connectivity index (χ2n) is 9.72. The van der Waals surface area contributed by atoms with E-state index < -0.39 is 0 Å². The van der Waals surface area contributed by atoms with Crippen molar-refractivity contribution in [3.63, 3.8) is 0 Å². The molecule has 3 heterocycles. The van der Waals surface area contributed by atoms with Crippen LogP contribution >= 0.6 is 0 Å². The van der Waals surface area contributed by atoms with Crippen LogP contribution in [0.2, 0.25) is 0 Å². The van der Waals surface area contributed by atoms with E-state index in [1.165, 1.54) is 16.5 Å². The third-order valence-electron chi connectivity index (χ3n) is 6.75. The standard InChI is InChI=1S/C32H37N7/c1-3-14-35-30(5-1)23-33-17-19-39(20-18-34-24-31-6-2-4-15-36-31)25-27-9-7-26(8-10-27)22-38-29-11-12-32-28(21-29)13-16-37-32/h1-16,21,33-34,37-38H,17-20,22-25H2. The lowest BCUT2D eigenvalue weighted by Gasteiger charge is -2.23. The molecule has 0 bridgehead atoms. The van der Waals surface area contributed by atoms with Gasteiger partial charge in [-0.3, -0.25) is 14.9 Å². The molecule has 3 aromatic heterocycles. The SMILES string of the molecule is c1ccc(CNCCN(CCNCc2ccccn2)Cc2ccc(CNc3ccc4[nH]ccc4c3)cc2)nc1. The molecule has 7 heteroatoms. The molecular formula is C32H37N7. The summed E-state index contributed by atoms with van der Waals surface area (Å²) in [5.74, 6) is 0. The van der Waals surface area contributed by atoms with Crippen LogP contribution in [0.15, 0.2) is 104 Å². The fourth-order valence-electron chi connectivity index (χ4n) is 4.57. The van der Waals surface area contributed by atoms with E-state index in [1.54, 1.807) is 0 Å². The van der Waals surface area contributed by atoms with Crippen molar-refractivity contribution in [3.05, 3.63) is 126 Å². The van der Waals surface area contributed by atoms with Gasteiger partial charge in [-0.25, -0.2) is 0 Å². The van der Waals surface area contributed by atoms with Gasteiger partial charge in [0.15, 0.2) is 0 Å². The molecule has 0 saturated carbocycles. The Morgan fingerprint density at radius 3 is 1.97 bits per heavy atom. The summed E-state index contributed by atoms with van der Waals surface area (Å²) in [5, 5.41) is 11.8. The van der Waals surface area contributed by atoms with E-state index >= 15 is 0 Å². The highest BCUT2D eigenvalue weighted by atomic mass is 15.1. The van der Waals surface area contributed by atoms with E-state index in [0.29, 0.717) is 0 Å². The molecule has 7 nitrogen and oxygen atoms in total. The molecule has 200 valence electrons. The van der Waals surface area contributed by atoms with Crippen molar-refractivity contribution >= 4 is 16.6 Å². The number of benzene rings is 2. The van der Waals surface area contributed by atoms with Crippen molar-refractivity contribution in [2.75, 3.05) is 31.5 Å². The third kappa shape index (κ3) is 8.48. The summed E-state index contributed by atoms with van der Waals surface area (Å²) in [4.78, 5) is 14.6. The minimum atomic E-state index is 0.783. The highest BCUT2D eigenvalue weighted by Crippen LogP contribution is 2.18. The Labute approximate surface area is 230 Å². The van der Waals surface area contributed by atoms with Gasteiger partial charge in [0.2, 0.25) is 0 Å². The highest BCUT2D eigenvalue weighted by Gasteiger charge is 2.07. The number of hydrogen-bond donors (Lipinski definition) is 4. The largest absolute Gasteiger partial charge is 0.381 e. The lowest BCUT2D eigenvalue weighted by molar-refractivity contribution is 0.263. The number of fused-ring (bicyclic) bond motifs is 1. The number of nitrogens with one attached hydrogen (secondary N) is 4. The third-order valence-corrected chi connectivity index (χ3v) is 6.75. The number of H-pyrrole nitrogens is 1. The zero-order chi connectivity index (χ0) is 26.5. The lowest BCUT2D eigenvalue weighted by Crippen LogP contribution is -2.36. The molecule has 0 aliphatic carbocycles. The van der Waals surface area contributed by atoms with E-state index in [1.807, 2.05) is 42.9 Å². The quantitative estimate of drug-likeness (QED) is 0.147. The minimum Gasteiger partial charge on any atom is -0.381 e. The first-order chi connectivity index (χ1) is 19.3. The molecular weight excluding hydrogens is 482 g/mol. The van der Waals surface area contributed by atoms with E-state index in [4.69, 9.17) is 0 Å². The maximum atomic E-state index is 4.41. The first-order valence-corrected chi connectivity index (χ1v) is 13.6. The molecule has 5 rings (SSSR count). The maximum Gasteiger partial charge on any atom is 0.0541 e. The molecule has 2 aromatic carbocycles. The predicted molar refractivity (Wildman–Crippen MR) is 159 cm³/mol. The molecule has 0 saturated heterocycles. The molecule has 0 amide bonds. The Bertz CT molecular complexity index is 1340. The van der Waals surface area contributed by atoms with Gasteiger partial charge < -0.3 is 20.9 Å². The van der Waals surface area contributed by atoms with Crippen LogP contribution in [-0.2, 0) is 26.2 Å². The van der Waals surface area contributed by atoms with Crippen LogP contribution in [0.3, 0.4) is 0 Å². The number of aromatic nitrogens is 3. The Balaban J connectivity index is 1.11. The molecule has 39 heavy (non-hydrogen) atoms. The van der Waals surface area contributed by atoms with Crippen LogP contribution in [-0.4, -0.2) is 46.0 Å². The normalized spacial score (nSPS) is 11.3. The summed E-state index contributed by atoms with van der Waals surface area (Å²) < 4.78 is 0. The summed E-state index contributed by atoms with van der Waals surface area (Å²) in [5.41, 5.74) is 7.02. The number of nitrogens with zero attached hydrogens (tertiary/aromatic N) is 3.